The Bertz CT molecular complexity index is 514. The van der Waals surface area contributed by atoms with E-state index in [2.05, 4.69) is 16.0 Å². The van der Waals surface area contributed by atoms with Crippen LogP contribution in [0.3, 0.4) is 0 Å². The largest absolute Gasteiger partial charge is 0.375 e. The van der Waals surface area contributed by atoms with Crippen LogP contribution < -0.4 is 16.0 Å². The molecule has 0 spiro atoms. The van der Waals surface area contributed by atoms with Gasteiger partial charge in [-0.05, 0) is 24.3 Å². The van der Waals surface area contributed by atoms with Crippen LogP contribution in [-0.4, -0.2) is 37.6 Å². The van der Waals surface area contributed by atoms with Gasteiger partial charge >= 0.3 is 0 Å². The third kappa shape index (κ3) is 6.56. The van der Waals surface area contributed by atoms with E-state index in [1.807, 2.05) is 13.8 Å². The predicted molar refractivity (Wildman–Crippen MR) is 93.0 cm³/mol. The van der Waals surface area contributed by atoms with Crippen LogP contribution in [0.25, 0.3) is 0 Å². The lowest BCUT2D eigenvalue weighted by atomic mass is 10.2. The summed E-state index contributed by atoms with van der Waals surface area (Å²) in [5.74, 6) is -0.171. The van der Waals surface area contributed by atoms with Crippen molar-refractivity contribution in [2.24, 2.45) is 5.92 Å². The normalized spacial score (nSPS) is 17.3. The molecule has 128 valence electrons. The zero-order chi connectivity index (χ0) is 15.9. The van der Waals surface area contributed by atoms with E-state index in [4.69, 9.17) is 4.74 Å². The summed E-state index contributed by atoms with van der Waals surface area (Å²) in [7, 11) is 0. The molecular weight excluding hydrogens is 318 g/mol. The van der Waals surface area contributed by atoms with Crippen LogP contribution in [0.15, 0.2) is 24.3 Å². The second-order valence-corrected chi connectivity index (χ2v) is 5.67. The van der Waals surface area contributed by atoms with Gasteiger partial charge in [0.1, 0.15) is 0 Å². The molecule has 1 aromatic rings. The molecular formula is C16H24ClN3O3. The number of benzene rings is 1. The quantitative estimate of drug-likeness (QED) is 0.765. The summed E-state index contributed by atoms with van der Waals surface area (Å²) in [6.45, 7) is 5.86. The van der Waals surface area contributed by atoms with E-state index in [-0.39, 0.29) is 36.2 Å². The number of anilines is 2. The zero-order valence-electron chi connectivity index (χ0n) is 13.4. The van der Waals surface area contributed by atoms with E-state index in [0.717, 1.165) is 12.2 Å². The number of carbonyl (C=O) groups excluding carboxylic acids is 2. The topological polar surface area (TPSA) is 79.5 Å². The molecule has 7 heteroatoms. The number of hydrogen-bond donors (Lipinski definition) is 3. The van der Waals surface area contributed by atoms with E-state index in [1.165, 1.54) is 0 Å². The number of halogens is 1. The van der Waals surface area contributed by atoms with Crippen molar-refractivity contribution in [2.45, 2.75) is 26.4 Å². The summed E-state index contributed by atoms with van der Waals surface area (Å²) in [4.78, 5) is 23.5. The molecule has 1 aliphatic heterocycles. The highest BCUT2D eigenvalue weighted by atomic mass is 35.5. The number of hydrogen-bond acceptors (Lipinski definition) is 4. The zero-order valence-corrected chi connectivity index (χ0v) is 14.2. The molecule has 0 saturated carbocycles. The summed E-state index contributed by atoms with van der Waals surface area (Å²) >= 11 is 0. The fraction of sp³-hybridized carbons (Fsp3) is 0.500. The highest BCUT2D eigenvalue weighted by Crippen LogP contribution is 2.15. The van der Waals surface area contributed by atoms with Crippen LogP contribution in [0.5, 0.6) is 0 Å². The second-order valence-electron chi connectivity index (χ2n) is 5.67. The molecule has 2 rings (SSSR count). The van der Waals surface area contributed by atoms with Gasteiger partial charge in [-0.3, -0.25) is 9.59 Å². The van der Waals surface area contributed by atoms with Crippen LogP contribution in [0.4, 0.5) is 11.4 Å². The molecule has 1 fully saturated rings. The Labute approximate surface area is 142 Å². The van der Waals surface area contributed by atoms with Crippen molar-refractivity contribution in [2.75, 3.05) is 30.3 Å². The Kier molecular flexibility index (Phi) is 8.02. The van der Waals surface area contributed by atoms with Crippen molar-refractivity contribution < 1.29 is 14.3 Å². The third-order valence-corrected chi connectivity index (χ3v) is 3.38. The summed E-state index contributed by atoms with van der Waals surface area (Å²) in [6, 6.07) is 7.09. The van der Waals surface area contributed by atoms with Gasteiger partial charge in [-0.15, -0.1) is 12.4 Å². The van der Waals surface area contributed by atoms with E-state index < -0.39 is 0 Å². The first-order chi connectivity index (χ1) is 10.5. The number of morpholine rings is 1. The van der Waals surface area contributed by atoms with Crippen molar-refractivity contribution in [1.82, 2.24) is 5.32 Å². The first-order valence-corrected chi connectivity index (χ1v) is 7.57. The Morgan fingerprint density at radius 1 is 1.22 bits per heavy atom. The number of amides is 2. The first kappa shape index (κ1) is 19.4. The molecule has 3 N–H and O–H groups in total. The van der Waals surface area contributed by atoms with Crippen LogP contribution in [0.2, 0.25) is 0 Å². The van der Waals surface area contributed by atoms with Crippen LogP contribution in [-0.2, 0) is 14.3 Å². The van der Waals surface area contributed by atoms with Gasteiger partial charge < -0.3 is 20.7 Å². The summed E-state index contributed by atoms with van der Waals surface area (Å²) in [5.41, 5.74) is 1.42. The Morgan fingerprint density at radius 2 is 1.83 bits per heavy atom. The lowest BCUT2D eigenvalue weighted by molar-refractivity contribution is -0.120. The number of carbonyl (C=O) groups is 2. The summed E-state index contributed by atoms with van der Waals surface area (Å²) in [6.07, 6.45) is 0.261. The molecule has 0 aliphatic carbocycles. The van der Waals surface area contributed by atoms with Crippen LogP contribution in [0.1, 0.15) is 20.3 Å². The predicted octanol–water partition coefficient (Wildman–Crippen LogP) is 2.02. The molecule has 1 atom stereocenters. The van der Waals surface area contributed by atoms with E-state index in [9.17, 15) is 9.59 Å². The Balaban J connectivity index is 0.00000264. The molecule has 1 unspecified atom stereocenters. The van der Waals surface area contributed by atoms with Crippen molar-refractivity contribution in [3.63, 3.8) is 0 Å². The van der Waals surface area contributed by atoms with Gasteiger partial charge in [0.2, 0.25) is 11.8 Å². The fourth-order valence-corrected chi connectivity index (χ4v) is 2.09. The average Bonchev–Trinajstić information content (AvgIpc) is 2.50. The highest BCUT2D eigenvalue weighted by Gasteiger charge is 2.17. The first-order valence-electron chi connectivity index (χ1n) is 7.57. The van der Waals surface area contributed by atoms with Crippen LogP contribution >= 0.6 is 12.4 Å². The maximum atomic E-state index is 11.9. The number of ether oxygens (including phenoxy) is 1. The molecule has 23 heavy (non-hydrogen) atoms. The molecule has 6 nitrogen and oxygen atoms in total. The monoisotopic (exact) mass is 341 g/mol. The van der Waals surface area contributed by atoms with Crippen molar-refractivity contribution >= 4 is 35.6 Å². The third-order valence-electron chi connectivity index (χ3n) is 3.38. The van der Waals surface area contributed by atoms with Gasteiger partial charge in [-0.1, -0.05) is 13.8 Å². The molecule has 1 aromatic carbocycles. The van der Waals surface area contributed by atoms with Gasteiger partial charge in [0.25, 0.3) is 0 Å². The van der Waals surface area contributed by atoms with Gasteiger partial charge in [-0.25, -0.2) is 0 Å². The summed E-state index contributed by atoms with van der Waals surface area (Å²) in [5, 5.41) is 8.83. The second kappa shape index (κ2) is 9.50. The van der Waals surface area contributed by atoms with Crippen LogP contribution in [0, 0.1) is 5.92 Å². The molecule has 0 radical (unpaired) electrons. The minimum absolute atomic E-state index is 0. The molecule has 1 heterocycles. The lowest BCUT2D eigenvalue weighted by Gasteiger charge is -2.23. The molecule has 0 aromatic heterocycles. The van der Waals surface area contributed by atoms with E-state index >= 15 is 0 Å². The van der Waals surface area contributed by atoms with Gasteiger partial charge in [-0.2, -0.15) is 0 Å². The Morgan fingerprint density at radius 3 is 2.35 bits per heavy atom. The molecule has 0 bridgehead atoms. The van der Waals surface area contributed by atoms with E-state index in [0.29, 0.717) is 25.3 Å². The van der Waals surface area contributed by atoms with Gasteiger partial charge in [0, 0.05) is 30.4 Å². The maximum Gasteiger partial charge on any atom is 0.227 e. The highest BCUT2D eigenvalue weighted by molar-refractivity contribution is 5.93. The minimum atomic E-state index is -0.0762. The minimum Gasteiger partial charge on any atom is -0.375 e. The smallest absolute Gasteiger partial charge is 0.227 e. The maximum absolute atomic E-state index is 11.9. The Hall–Kier alpha value is -1.63. The van der Waals surface area contributed by atoms with Gasteiger partial charge in [0.15, 0.2) is 0 Å². The molecule has 1 saturated heterocycles. The molecule has 1 aliphatic rings. The SMILES string of the molecule is CC(C)C(=O)Nc1ccc(NC(=O)CC2CNCCO2)cc1.Cl. The number of nitrogens with one attached hydrogen (secondary N) is 3. The lowest BCUT2D eigenvalue weighted by Crippen LogP contribution is -2.40. The van der Waals surface area contributed by atoms with E-state index in [1.54, 1.807) is 24.3 Å². The summed E-state index contributed by atoms with van der Waals surface area (Å²) < 4.78 is 5.50. The molecule has 2 amide bonds. The standard InChI is InChI=1S/C16H23N3O3.ClH/c1-11(2)16(21)19-13-5-3-12(4-6-13)18-15(20)9-14-10-17-7-8-22-14;/h3-6,11,14,17H,7-10H2,1-2H3,(H,18,20)(H,19,21);1H. The van der Waals surface area contributed by atoms with Crippen molar-refractivity contribution in [1.29, 1.82) is 0 Å². The van der Waals surface area contributed by atoms with Gasteiger partial charge in [0.05, 0.1) is 19.1 Å². The van der Waals surface area contributed by atoms with Crippen molar-refractivity contribution in [3.05, 3.63) is 24.3 Å². The number of rotatable bonds is 5. The fourth-order valence-electron chi connectivity index (χ4n) is 2.09. The average molecular weight is 342 g/mol. The van der Waals surface area contributed by atoms with Crippen molar-refractivity contribution in [3.8, 4) is 0 Å².